The molecule has 1 aliphatic heterocycles. The van der Waals surface area contributed by atoms with Crippen LogP contribution in [-0.4, -0.2) is 25.4 Å². The lowest BCUT2D eigenvalue weighted by molar-refractivity contribution is -0.121. The zero-order chi connectivity index (χ0) is 13.9. The summed E-state index contributed by atoms with van der Waals surface area (Å²) in [5.74, 6) is 0. The topological polar surface area (TPSA) is 44.5 Å². The van der Waals surface area contributed by atoms with Crippen LogP contribution in [0.2, 0.25) is 0 Å². The summed E-state index contributed by atoms with van der Waals surface area (Å²) in [6.07, 6.45) is 1.74. The highest BCUT2D eigenvalue weighted by Crippen LogP contribution is 2.36. The predicted molar refractivity (Wildman–Crippen MR) is 77.3 cm³/mol. The second-order valence-corrected chi connectivity index (χ2v) is 5.51. The van der Waals surface area contributed by atoms with E-state index >= 15 is 0 Å². The van der Waals surface area contributed by atoms with E-state index in [2.05, 4.69) is 32.0 Å². The van der Waals surface area contributed by atoms with Gasteiger partial charge in [0.25, 0.3) is 0 Å². The van der Waals surface area contributed by atoms with Crippen LogP contribution in [0.3, 0.4) is 0 Å². The van der Waals surface area contributed by atoms with Gasteiger partial charge >= 0.3 is 0 Å². The summed E-state index contributed by atoms with van der Waals surface area (Å²) in [6.45, 7) is 8.42. The minimum Gasteiger partial charge on any atom is -0.381 e. The van der Waals surface area contributed by atoms with Gasteiger partial charge in [-0.05, 0) is 26.3 Å². The van der Waals surface area contributed by atoms with Gasteiger partial charge in [-0.2, -0.15) is 0 Å². The maximum absolute atomic E-state index is 6.55. The van der Waals surface area contributed by atoms with Crippen LogP contribution in [0.25, 0.3) is 0 Å². The third-order valence-electron chi connectivity index (χ3n) is 3.94. The van der Waals surface area contributed by atoms with Crippen LogP contribution in [0, 0.1) is 13.8 Å². The number of nitrogens with two attached hydrogens (primary N) is 1. The lowest BCUT2D eigenvalue weighted by Crippen LogP contribution is -2.48. The molecule has 0 spiro atoms. The van der Waals surface area contributed by atoms with Gasteiger partial charge in [-0.3, -0.25) is 0 Å². The van der Waals surface area contributed by atoms with Crippen LogP contribution in [0.4, 0.5) is 0 Å². The third-order valence-corrected chi connectivity index (χ3v) is 3.94. The van der Waals surface area contributed by atoms with Crippen LogP contribution in [0.15, 0.2) is 18.2 Å². The molecule has 0 aromatic heterocycles. The van der Waals surface area contributed by atoms with Crippen molar-refractivity contribution < 1.29 is 9.47 Å². The van der Waals surface area contributed by atoms with Crippen molar-refractivity contribution in [1.82, 2.24) is 0 Å². The van der Waals surface area contributed by atoms with E-state index < -0.39 is 0 Å². The number of aryl methyl sites for hydroxylation is 2. The third kappa shape index (κ3) is 3.16. The Hall–Kier alpha value is -0.900. The van der Waals surface area contributed by atoms with Crippen molar-refractivity contribution >= 4 is 0 Å². The summed E-state index contributed by atoms with van der Waals surface area (Å²) in [7, 11) is 0. The molecule has 0 saturated carbocycles. The van der Waals surface area contributed by atoms with Gasteiger partial charge in [0, 0.05) is 32.7 Å². The van der Waals surface area contributed by atoms with Gasteiger partial charge in [-0.15, -0.1) is 0 Å². The van der Waals surface area contributed by atoms with E-state index in [1.807, 2.05) is 6.92 Å². The Labute approximate surface area is 116 Å². The summed E-state index contributed by atoms with van der Waals surface area (Å²) in [4.78, 5) is 0. The summed E-state index contributed by atoms with van der Waals surface area (Å²) >= 11 is 0. The van der Waals surface area contributed by atoms with E-state index in [9.17, 15) is 0 Å². The minimum atomic E-state index is -0.271. The van der Waals surface area contributed by atoms with E-state index in [1.54, 1.807) is 0 Å². The number of benzene rings is 1. The van der Waals surface area contributed by atoms with E-state index in [4.69, 9.17) is 15.2 Å². The normalized spacial score (nSPS) is 20.2. The van der Waals surface area contributed by atoms with Gasteiger partial charge in [-0.25, -0.2) is 0 Å². The highest BCUT2D eigenvalue weighted by atomic mass is 16.5. The van der Waals surface area contributed by atoms with Crippen LogP contribution in [0.5, 0.6) is 0 Å². The smallest absolute Gasteiger partial charge is 0.0917 e. The molecule has 0 bridgehead atoms. The Morgan fingerprint density at radius 1 is 1.21 bits per heavy atom. The van der Waals surface area contributed by atoms with Crippen LogP contribution < -0.4 is 5.73 Å². The average Bonchev–Trinajstić information content (AvgIpc) is 2.38. The molecule has 106 valence electrons. The molecule has 2 rings (SSSR count). The Bertz CT molecular complexity index is 399. The van der Waals surface area contributed by atoms with Crippen molar-refractivity contribution in [3.05, 3.63) is 34.9 Å². The molecule has 0 amide bonds. The first-order chi connectivity index (χ1) is 9.07. The van der Waals surface area contributed by atoms with Gasteiger partial charge in [-0.1, -0.05) is 29.3 Å². The molecular formula is C16H25NO2. The fourth-order valence-electron chi connectivity index (χ4n) is 3.04. The summed E-state index contributed by atoms with van der Waals surface area (Å²) in [6, 6.07) is 6.44. The first-order valence-corrected chi connectivity index (χ1v) is 7.13. The van der Waals surface area contributed by atoms with Crippen molar-refractivity contribution in [3.63, 3.8) is 0 Å². The van der Waals surface area contributed by atoms with Crippen LogP contribution in [-0.2, 0) is 9.47 Å². The molecule has 1 fully saturated rings. The lowest BCUT2D eigenvalue weighted by atomic mass is 9.82. The molecule has 1 aromatic carbocycles. The number of ether oxygens (including phenoxy) is 2. The Kier molecular flexibility index (Phi) is 4.61. The number of hydrogen-bond acceptors (Lipinski definition) is 3. The summed E-state index contributed by atoms with van der Waals surface area (Å²) in [5, 5.41) is 0. The van der Waals surface area contributed by atoms with Gasteiger partial charge in [0.1, 0.15) is 0 Å². The Morgan fingerprint density at radius 3 is 2.32 bits per heavy atom. The fraction of sp³-hybridized carbons (Fsp3) is 0.625. The van der Waals surface area contributed by atoms with Gasteiger partial charge in [0.15, 0.2) is 0 Å². The largest absolute Gasteiger partial charge is 0.381 e. The minimum absolute atomic E-state index is 0.0880. The SMILES string of the molecule is CCOC1(C(N)c2cc(C)cc(C)c2)CCOCC1. The predicted octanol–water partition coefficient (Wildman–Crippen LogP) is 2.89. The second kappa shape index (κ2) is 6.04. The molecule has 3 nitrogen and oxygen atoms in total. The molecule has 0 radical (unpaired) electrons. The van der Waals surface area contributed by atoms with Crippen molar-refractivity contribution in [2.24, 2.45) is 5.73 Å². The first kappa shape index (κ1) is 14.5. The quantitative estimate of drug-likeness (QED) is 0.908. The second-order valence-electron chi connectivity index (χ2n) is 5.51. The van der Waals surface area contributed by atoms with Crippen molar-refractivity contribution in [2.75, 3.05) is 19.8 Å². The molecule has 2 N–H and O–H groups in total. The molecule has 1 aliphatic rings. The first-order valence-electron chi connectivity index (χ1n) is 7.13. The maximum atomic E-state index is 6.55. The van der Waals surface area contributed by atoms with Gasteiger partial charge in [0.05, 0.1) is 11.6 Å². The maximum Gasteiger partial charge on any atom is 0.0917 e. The molecule has 1 atom stereocenters. The summed E-state index contributed by atoms with van der Waals surface area (Å²) in [5.41, 5.74) is 9.96. The highest BCUT2D eigenvalue weighted by Gasteiger charge is 2.40. The fourth-order valence-corrected chi connectivity index (χ4v) is 3.04. The lowest BCUT2D eigenvalue weighted by Gasteiger charge is -2.41. The molecule has 1 aromatic rings. The average molecular weight is 263 g/mol. The number of rotatable bonds is 4. The monoisotopic (exact) mass is 263 g/mol. The van der Waals surface area contributed by atoms with E-state index in [0.717, 1.165) is 26.1 Å². The highest BCUT2D eigenvalue weighted by molar-refractivity contribution is 5.32. The van der Waals surface area contributed by atoms with Crippen molar-refractivity contribution in [3.8, 4) is 0 Å². The van der Waals surface area contributed by atoms with Crippen molar-refractivity contribution in [1.29, 1.82) is 0 Å². The van der Waals surface area contributed by atoms with E-state index in [1.165, 1.54) is 16.7 Å². The van der Waals surface area contributed by atoms with Crippen LogP contribution >= 0.6 is 0 Å². The van der Waals surface area contributed by atoms with Crippen LogP contribution in [0.1, 0.15) is 42.5 Å². The number of hydrogen-bond donors (Lipinski definition) is 1. The van der Waals surface area contributed by atoms with E-state index in [0.29, 0.717) is 6.61 Å². The Morgan fingerprint density at radius 2 is 1.79 bits per heavy atom. The molecule has 0 aliphatic carbocycles. The molecule has 1 heterocycles. The molecule has 3 heteroatoms. The molecule has 19 heavy (non-hydrogen) atoms. The zero-order valence-corrected chi connectivity index (χ0v) is 12.2. The van der Waals surface area contributed by atoms with Gasteiger partial charge < -0.3 is 15.2 Å². The molecular weight excluding hydrogens is 238 g/mol. The molecule has 1 unspecified atom stereocenters. The van der Waals surface area contributed by atoms with Crippen molar-refractivity contribution in [2.45, 2.75) is 45.3 Å². The summed E-state index contributed by atoms with van der Waals surface area (Å²) < 4.78 is 11.5. The standard InChI is InChI=1S/C16H25NO2/c1-4-19-16(5-7-18-8-6-16)15(17)14-10-12(2)9-13(3)11-14/h9-11,15H,4-8,17H2,1-3H3. The van der Waals surface area contributed by atoms with Gasteiger partial charge in [0.2, 0.25) is 0 Å². The zero-order valence-electron chi connectivity index (χ0n) is 12.2. The Balaban J connectivity index is 2.30. The van der Waals surface area contributed by atoms with E-state index in [-0.39, 0.29) is 11.6 Å². The molecule has 1 saturated heterocycles.